The zero-order valence-electron chi connectivity index (χ0n) is 13.0. The van der Waals surface area contributed by atoms with Crippen LogP contribution in [0.2, 0.25) is 0 Å². The van der Waals surface area contributed by atoms with Crippen LogP contribution in [-0.2, 0) is 4.79 Å². The number of ether oxygens (including phenoxy) is 1. The van der Waals surface area contributed by atoms with Gasteiger partial charge in [0.1, 0.15) is 5.75 Å². The number of carbonyl (C=O) groups is 1. The third-order valence-corrected chi connectivity index (χ3v) is 4.54. The van der Waals surface area contributed by atoms with Crippen LogP contribution in [0.4, 0.5) is 0 Å². The Labute approximate surface area is 146 Å². The van der Waals surface area contributed by atoms with Crippen LogP contribution in [-0.4, -0.2) is 36.5 Å². The van der Waals surface area contributed by atoms with E-state index in [1.165, 1.54) is 0 Å². The van der Waals surface area contributed by atoms with Crippen molar-refractivity contribution in [3.8, 4) is 5.75 Å². The predicted octanol–water partition coefficient (Wildman–Crippen LogP) is 3.23. The summed E-state index contributed by atoms with van der Waals surface area (Å²) in [6.07, 6.45) is 1.27. The lowest BCUT2D eigenvalue weighted by Gasteiger charge is -2.42. The fourth-order valence-corrected chi connectivity index (χ4v) is 2.94. The number of benzene rings is 1. The van der Waals surface area contributed by atoms with Gasteiger partial charge >= 0.3 is 0 Å². The molecule has 0 bridgehead atoms. The Morgan fingerprint density at radius 2 is 2.23 bits per heavy atom. The average molecular weight is 392 g/mol. The molecule has 1 aromatic rings. The smallest absolute Gasteiger partial charge is 0.226 e. The molecule has 0 spiro atoms. The van der Waals surface area contributed by atoms with Crippen molar-refractivity contribution in [1.82, 2.24) is 4.90 Å². The van der Waals surface area contributed by atoms with Crippen molar-refractivity contribution in [3.05, 3.63) is 28.7 Å². The maximum absolute atomic E-state index is 12.2. The highest BCUT2D eigenvalue weighted by Gasteiger charge is 2.35. The maximum Gasteiger partial charge on any atom is 0.226 e. The molecule has 6 heteroatoms. The molecule has 1 amide bonds. The van der Waals surface area contributed by atoms with Gasteiger partial charge in [-0.2, -0.15) is 0 Å². The molecule has 124 valence electrons. The van der Waals surface area contributed by atoms with Crippen molar-refractivity contribution in [2.24, 2.45) is 11.1 Å². The number of hydrogen-bond acceptors (Lipinski definition) is 3. The van der Waals surface area contributed by atoms with Gasteiger partial charge in [-0.15, -0.1) is 12.4 Å². The van der Waals surface area contributed by atoms with E-state index >= 15 is 0 Å². The van der Waals surface area contributed by atoms with Crippen LogP contribution in [0.3, 0.4) is 0 Å². The molecule has 1 heterocycles. The number of hydrogen-bond donors (Lipinski definition) is 1. The van der Waals surface area contributed by atoms with Crippen LogP contribution in [0.1, 0.15) is 26.7 Å². The van der Waals surface area contributed by atoms with Crippen molar-refractivity contribution >= 4 is 34.2 Å². The Morgan fingerprint density at radius 1 is 1.50 bits per heavy atom. The van der Waals surface area contributed by atoms with Crippen LogP contribution >= 0.6 is 28.3 Å². The van der Waals surface area contributed by atoms with Crippen molar-refractivity contribution in [3.63, 3.8) is 0 Å². The molecular weight excluding hydrogens is 368 g/mol. The third kappa shape index (κ3) is 5.14. The zero-order chi connectivity index (χ0) is 15.5. The molecule has 22 heavy (non-hydrogen) atoms. The predicted molar refractivity (Wildman–Crippen MR) is 94.5 cm³/mol. The number of amides is 1. The van der Waals surface area contributed by atoms with Crippen molar-refractivity contribution < 1.29 is 9.53 Å². The molecule has 4 nitrogen and oxygen atoms in total. The van der Waals surface area contributed by atoms with Crippen LogP contribution in [0.15, 0.2) is 28.7 Å². The fraction of sp³-hybridized carbons (Fsp3) is 0.562. The number of rotatable bonds is 4. The summed E-state index contributed by atoms with van der Waals surface area (Å²) in [6.45, 7) is 6.12. The molecule has 1 unspecified atom stereocenters. The normalized spacial score (nSPS) is 20.2. The molecule has 2 rings (SSSR count). The second-order valence-corrected chi connectivity index (χ2v) is 7.17. The molecule has 1 fully saturated rings. The van der Waals surface area contributed by atoms with Crippen LogP contribution in [0, 0.1) is 5.41 Å². The molecule has 0 aliphatic carbocycles. The van der Waals surface area contributed by atoms with Crippen LogP contribution in [0.5, 0.6) is 5.75 Å². The Bertz CT molecular complexity index is 511. The average Bonchev–Trinajstić information content (AvgIpc) is 2.42. The van der Waals surface area contributed by atoms with E-state index in [0.717, 1.165) is 29.7 Å². The molecule has 1 atom stereocenters. The van der Waals surface area contributed by atoms with Crippen LogP contribution < -0.4 is 10.5 Å². The Balaban J connectivity index is 0.00000242. The monoisotopic (exact) mass is 390 g/mol. The fourth-order valence-electron chi connectivity index (χ4n) is 2.56. The number of likely N-dealkylation sites (tertiary alicyclic amines) is 1. The van der Waals surface area contributed by atoms with E-state index in [2.05, 4.69) is 29.8 Å². The van der Waals surface area contributed by atoms with Gasteiger partial charge in [-0.3, -0.25) is 4.79 Å². The first kappa shape index (κ1) is 19.3. The minimum absolute atomic E-state index is 0. The second-order valence-electron chi connectivity index (χ2n) is 6.25. The molecular formula is C16H24BrClN2O2. The van der Waals surface area contributed by atoms with Gasteiger partial charge in [0.15, 0.2) is 0 Å². The number of carbonyl (C=O) groups excluding carboxylic acids is 1. The van der Waals surface area contributed by atoms with Crippen molar-refractivity contribution in [1.29, 1.82) is 0 Å². The minimum atomic E-state index is -0.0148. The van der Waals surface area contributed by atoms with Gasteiger partial charge in [-0.05, 0) is 30.0 Å². The zero-order valence-corrected chi connectivity index (χ0v) is 15.5. The van der Waals surface area contributed by atoms with Gasteiger partial charge in [-0.25, -0.2) is 0 Å². The summed E-state index contributed by atoms with van der Waals surface area (Å²) < 4.78 is 6.59. The summed E-state index contributed by atoms with van der Waals surface area (Å²) in [5, 5.41) is 0. The molecule has 2 N–H and O–H groups in total. The number of halogens is 2. The quantitative estimate of drug-likeness (QED) is 0.857. The van der Waals surface area contributed by atoms with Gasteiger partial charge in [0, 0.05) is 23.6 Å². The van der Waals surface area contributed by atoms with E-state index < -0.39 is 0 Å². The summed E-state index contributed by atoms with van der Waals surface area (Å²) in [5.74, 6) is 0.920. The number of piperidine rings is 1. The largest absolute Gasteiger partial charge is 0.493 e. The molecule has 1 aliphatic rings. The van der Waals surface area contributed by atoms with Gasteiger partial charge in [0.05, 0.1) is 13.0 Å². The molecule has 1 aliphatic heterocycles. The van der Waals surface area contributed by atoms with E-state index in [1.54, 1.807) is 0 Å². The lowest BCUT2D eigenvalue weighted by Crippen LogP contribution is -2.54. The van der Waals surface area contributed by atoms with E-state index in [9.17, 15) is 4.79 Å². The van der Waals surface area contributed by atoms with Gasteiger partial charge < -0.3 is 15.4 Å². The molecule has 1 saturated heterocycles. The number of nitrogens with two attached hydrogens (primary N) is 1. The molecule has 0 aromatic heterocycles. The Hall–Kier alpha value is -0.780. The highest BCUT2D eigenvalue weighted by atomic mass is 79.9. The number of nitrogens with zero attached hydrogens (tertiary/aromatic N) is 1. The highest BCUT2D eigenvalue weighted by Crippen LogP contribution is 2.28. The van der Waals surface area contributed by atoms with Gasteiger partial charge in [0.25, 0.3) is 0 Å². The first-order valence-corrected chi connectivity index (χ1v) is 8.09. The van der Waals surface area contributed by atoms with E-state index in [-0.39, 0.29) is 29.8 Å². The van der Waals surface area contributed by atoms with Crippen molar-refractivity contribution in [2.75, 3.05) is 19.7 Å². The van der Waals surface area contributed by atoms with Crippen LogP contribution in [0.25, 0.3) is 0 Å². The topological polar surface area (TPSA) is 55.6 Å². The SMILES string of the molecule is CC1(C)CN(C(=O)CCOc2cccc(Br)c2)CCC1N.Cl. The summed E-state index contributed by atoms with van der Waals surface area (Å²) in [6, 6.07) is 7.80. The minimum Gasteiger partial charge on any atom is -0.493 e. The summed E-state index contributed by atoms with van der Waals surface area (Å²) in [4.78, 5) is 14.2. The standard InChI is InChI=1S/C16H23BrN2O2.ClH/c1-16(2)11-19(8-6-14(16)18)15(20)7-9-21-13-5-3-4-12(17)10-13;/h3-5,10,14H,6-9,11,18H2,1-2H3;1H. The van der Waals surface area contributed by atoms with Gasteiger partial charge in [0.2, 0.25) is 5.91 Å². The third-order valence-electron chi connectivity index (χ3n) is 4.05. The highest BCUT2D eigenvalue weighted by molar-refractivity contribution is 9.10. The van der Waals surface area contributed by atoms with Gasteiger partial charge in [-0.1, -0.05) is 35.8 Å². The Kier molecular flexibility index (Phi) is 7.16. The Morgan fingerprint density at radius 3 is 2.86 bits per heavy atom. The molecule has 1 aromatic carbocycles. The molecule has 0 saturated carbocycles. The summed E-state index contributed by atoms with van der Waals surface area (Å²) in [5.41, 5.74) is 6.08. The molecule has 0 radical (unpaired) electrons. The first-order valence-electron chi connectivity index (χ1n) is 7.30. The van der Waals surface area contributed by atoms with E-state index in [4.69, 9.17) is 10.5 Å². The van der Waals surface area contributed by atoms with E-state index in [1.807, 2.05) is 29.2 Å². The van der Waals surface area contributed by atoms with Crippen molar-refractivity contribution in [2.45, 2.75) is 32.7 Å². The second kappa shape index (κ2) is 8.18. The lowest BCUT2D eigenvalue weighted by atomic mass is 9.79. The summed E-state index contributed by atoms with van der Waals surface area (Å²) in [7, 11) is 0. The maximum atomic E-state index is 12.2. The summed E-state index contributed by atoms with van der Waals surface area (Å²) >= 11 is 3.40. The van der Waals surface area contributed by atoms with E-state index in [0.29, 0.717) is 13.0 Å². The lowest BCUT2D eigenvalue weighted by molar-refractivity contribution is -0.135. The first-order chi connectivity index (χ1) is 9.88.